The summed E-state index contributed by atoms with van der Waals surface area (Å²) in [7, 11) is 0. The molecule has 16 heteroatoms. The zero-order valence-electron chi connectivity index (χ0n) is 18.0. The Morgan fingerprint density at radius 3 is 1.72 bits per heavy atom. The standard InChI is InChI=1S/C10H9Cl2N3O3.C10H7Cl2N3O2.H2O/c11-5-1-2-6-4(7(5)12)3-13-10(14-6)15-8(16)9(17)18;11-6-1-2-7-5(9(6)12)3-13-10(14-7)15-8(17)4-16;/h1-2,9,17-18H,3H2,(H2,13,14,15,16);1-2,4H,3H2,(H2,13,14,15,17);1H2/p+1. The average molecular weight is 581 g/mol. The zero-order valence-corrected chi connectivity index (χ0v) is 21.0. The number of anilines is 2. The van der Waals surface area contributed by atoms with Gasteiger partial charge < -0.3 is 26.3 Å². The van der Waals surface area contributed by atoms with E-state index in [0.29, 0.717) is 37.0 Å². The van der Waals surface area contributed by atoms with Gasteiger partial charge in [0.2, 0.25) is 24.5 Å². The number of aldehydes is 1. The molecule has 0 atom stereocenters. The van der Waals surface area contributed by atoms with Crippen LogP contribution in [0.25, 0.3) is 0 Å². The van der Waals surface area contributed by atoms with E-state index in [0.717, 1.165) is 5.56 Å². The Hall–Kier alpha value is -2.97. The molecule has 2 amide bonds. The molecule has 0 fully saturated rings. The molecule has 0 saturated heterocycles. The number of halogens is 4. The van der Waals surface area contributed by atoms with Crippen molar-refractivity contribution in [1.29, 1.82) is 0 Å². The number of aliphatic hydroxyl groups is 2. The predicted octanol–water partition coefficient (Wildman–Crippen LogP) is 1.37. The molecule has 0 unspecified atom stereocenters. The van der Waals surface area contributed by atoms with Crippen molar-refractivity contribution >= 4 is 87.8 Å². The Kier molecular flexibility index (Phi) is 10.4. The Morgan fingerprint density at radius 1 is 0.861 bits per heavy atom. The summed E-state index contributed by atoms with van der Waals surface area (Å²) in [4.78, 5) is 40.2. The lowest BCUT2D eigenvalue weighted by Crippen LogP contribution is -2.43. The third-order valence-electron chi connectivity index (χ3n) is 4.51. The number of nitrogens with one attached hydrogen (secondary N) is 4. The molecule has 0 saturated carbocycles. The molecular formula is C20H19Cl4N6O6+. The molecule has 2 aliphatic rings. The van der Waals surface area contributed by atoms with Gasteiger partial charge in [-0.15, -0.1) is 0 Å². The normalized spacial score (nSPS) is 13.1. The molecule has 2 aromatic rings. The van der Waals surface area contributed by atoms with Crippen LogP contribution in [0.15, 0.2) is 34.3 Å². The third-order valence-corrected chi connectivity index (χ3v) is 6.20. The molecule has 0 bridgehead atoms. The minimum absolute atomic E-state index is 0. The summed E-state index contributed by atoms with van der Waals surface area (Å²) < 4.78 is 0. The molecular weight excluding hydrogens is 562 g/mol. The maximum Gasteiger partial charge on any atom is 0.290 e. The van der Waals surface area contributed by atoms with Crippen molar-refractivity contribution in [2.24, 2.45) is 9.98 Å². The molecule has 4 rings (SSSR count). The average Bonchev–Trinajstić information content (AvgIpc) is 2.84. The van der Waals surface area contributed by atoms with E-state index in [2.05, 4.69) is 31.3 Å². The molecule has 0 aliphatic carbocycles. The molecule has 2 heterocycles. The van der Waals surface area contributed by atoms with Crippen molar-refractivity contribution in [2.75, 3.05) is 10.6 Å². The molecule has 9 N–H and O–H groups in total. The van der Waals surface area contributed by atoms with Crippen LogP contribution in [0, 0.1) is 0 Å². The highest BCUT2D eigenvalue weighted by molar-refractivity contribution is 6.43. The van der Waals surface area contributed by atoms with Crippen LogP contribution in [-0.4, -0.2) is 46.5 Å². The predicted molar refractivity (Wildman–Crippen MR) is 138 cm³/mol. The first-order valence-electron chi connectivity index (χ1n) is 9.60. The van der Waals surface area contributed by atoms with Crippen LogP contribution in [0.1, 0.15) is 11.1 Å². The van der Waals surface area contributed by atoms with Gasteiger partial charge in [0.25, 0.3) is 11.8 Å². The Balaban J connectivity index is 0.000000247. The number of carbonyl (C=O) groups is 3. The van der Waals surface area contributed by atoms with Crippen molar-refractivity contribution < 1.29 is 30.1 Å². The van der Waals surface area contributed by atoms with Gasteiger partial charge in [-0.2, -0.15) is 0 Å². The summed E-state index contributed by atoms with van der Waals surface area (Å²) in [6, 6.07) is 6.67. The number of aliphatic imine (C=N–C) groups is 2. The van der Waals surface area contributed by atoms with Crippen molar-refractivity contribution in [2.45, 2.75) is 19.4 Å². The number of amides is 2. The number of hydrogen-bond donors (Lipinski definition) is 6. The van der Waals surface area contributed by atoms with Crippen LogP contribution in [0.5, 0.6) is 0 Å². The summed E-state index contributed by atoms with van der Waals surface area (Å²) in [6.45, 7) is 0.523. The molecule has 2 aromatic carbocycles. The monoisotopic (exact) mass is 579 g/mol. The van der Waals surface area contributed by atoms with E-state index in [9.17, 15) is 14.4 Å². The molecule has 192 valence electrons. The summed E-state index contributed by atoms with van der Waals surface area (Å²) in [6.07, 6.45) is -1.92. The van der Waals surface area contributed by atoms with E-state index >= 15 is 0 Å². The van der Waals surface area contributed by atoms with Gasteiger partial charge in [-0.25, -0.2) is 9.98 Å². The van der Waals surface area contributed by atoms with Crippen LogP contribution in [0.4, 0.5) is 11.4 Å². The Labute approximate surface area is 223 Å². The van der Waals surface area contributed by atoms with Crippen LogP contribution in [-0.2, 0) is 32.9 Å². The van der Waals surface area contributed by atoms with E-state index in [1.54, 1.807) is 24.3 Å². The van der Waals surface area contributed by atoms with Crippen LogP contribution in [0.3, 0.4) is 0 Å². The minimum Gasteiger partial charge on any atom is -0.457 e. The second-order valence-electron chi connectivity index (χ2n) is 6.82. The van der Waals surface area contributed by atoms with Gasteiger partial charge in [0.05, 0.1) is 33.2 Å². The summed E-state index contributed by atoms with van der Waals surface area (Å²) in [5.74, 6) is -1.39. The fraction of sp³-hybridized carbons (Fsp3) is 0.150. The number of aliphatic hydroxyl groups excluding tert-OH is 1. The zero-order chi connectivity index (χ0) is 25.7. The summed E-state index contributed by atoms with van der Waals surface area (Å²) in [5.41, 5.74) is 2.83. The van der Waals surface area contributed by atoms with Crippen molar-refractivity contribution in [1.82, 2.24) is 10.6 Å². The second-order valence-corrected chi connectivity index (χ2v) is 8.39. The lowest BCUT2D eigenvalue weighted by atomic mass is 10.1. The maximum atomic E-state index is 11.1. The van der Waals surface area contributed by atoms with Gasteiger partial charge in [-0.1, -0.05) is 46.4 Å². The SMILES string of the molecule is O=C(NC1=NCc2c(ccc(Cl)c2Cl)N1)C(O)O.O=CC(=O)NC1=NCc2c(ccc(Cl)c2Cl)N1.[OH3+]. The van der Waals surface area contributed by atoms with E-state index in [1.165, 1.54) is 0 Å². The maximum absolute atomic E-state index is 11.1. The quantitative estimate of drug-likeness (QED) is 0.133. The first-order valence-corrected chi connectivity index (χ1v) is 11.1. The number of hydrogen-bond acceptors (Lipinski definition) is 9. The highest BCUT2D eigenvalue weighted by Gasteiger charge is 2.20. The fourth-order valence-electron chi connectivity index (χ4n) is 2.85. The van der Waals surface area contributed by atoms with Gasteiger partial charge in [-0.05, 0) is 24.3 Å². The largest absolute Gasteiger partial charge is 0.457 e. The van der Waals surface area contributed by atoms with E-state index in [-0.39, 0.29) is 36.8 Å². The van der Waals surface area contributed by atoms with Crippen molar-refractivity contribution in [3.63, 3.8) is 0 Å². The number of nitrogens with zero attached hydrogens (tertiary/aromatic N) is 2. The van der Waals surface area contributed by atoms with E-state index < -0.39 is 18.1 Å². The first kappa shape index (κ1) is 29.3. The Bertz CT molecular complexity index is 1250. The highest BCUT2D eigenvalue weighted by Crippen LogP contribution is 2.34. The topological polar surface area (TPSA) is 198 Å². The van der Waals surface area contributed by atoms with Crippen LogP contribution in [0.2, 0.25) is 20.1 Å². The van der Waals surface area contributed by atoms with Gasteiger partial charge >= 0.3 is 0 Å². The van der Waals surface area contributed by atoms with E-state index in [1.807, 2.05) is 0 Å². The third kappa shape index (κ3) is 7.04. The van der Waals surface area contributed by atoms with Crippen molar-refractivity contribution in [3.8, 4) is 0 Å². The molecule has 36 heavy (non-hydrogen) atoms. The molecule has 0 radical (unpaired) electrons. The number of carbonyl (C=O) groups excluding carboxylic acids is 3. The van der Waals surface area contributed by atoms with Gasteiger partial charge in [0.15, 0.2) is 0 Å². The number of fused-ring (bicyclic) bond motifs is 2. The molecule has 0 spiro atoms. The van der Waals surface area contributed by atoms with Gasteiger partial charge in [-0.3, -0.25) is 25.0 Å². The summed E-state index contributed by atoms with van der Waals surface area (Å²) in [5, 5.41) is 29.2. The second kappa shape index (κ2) is 12.8. The minimum atomic E-state index is -2.09. The van der Waals surface area contributed by atoms with Crippen LogP contribution >= 0.6 is 46.4 Å². The lowest BCUT2D eigenvalue weighted by Gasteiger charge is -2.20. The molecule has 0 aromatic heterocycles. The molecule has 12 nitrogen and oxygen atoms in total. The Morgan fingerprint density at radius 2 is 1.31 bits per heavy atom. The van der Waals surface area contributed by atoms with Crippen molar-refractivity contribution in [3.05, 3.63) is 55.5 Å². The number of rotatable bonds is 2. The summed E-state index contributed by atoms with van der Waals surface area (Å²) >= 11 is 23.7. The first-order chi connectivity index (χ1) is 16.6. The van der Waals surface area contributed by atoms with Gasteiger partial charge in [0.1, 0.15) is 0 Å². The van der Waals surface area contributed by atoms with Crippen LogP contribution < -0.4 is 21.3 Å². The van der Waals surface area contributed by atoms with Gasteiger partial charge in [0, 0.05) is 22.5 Å². The number of benzene rings is 2. The number of guanidine groups is 2. The smallest absolute Gasteiger partial charge is 0.290 e. The molecule has 2 aliphatic heterocycles. The lowest BCUT2D eigenvalue weighted by molar-refractivity contribution is -0.145. The fourth-order valence-corrected chi connectivity index (χ4v) is 3.65. The highest BCUT2D eigenvalue weighted by atomic mass is 35.5. The van der Waals surface area contributed by atoms with E-state index in [4.69, 9.17) is 56.6 Å².